The zero-order valence-corrected chi connectivity index (χ0v) is 17.8. The molecule has 8 heteroatoms. The van der Waals surface area contributed by atoms with Crippen molar-refractivity contribution in [1.82, 2.24) is 4.98 Å². The maximum atomic E-state index is 14.3. The minimum absolute atomic E-state index is 0.00451. The number of anilines is 1. The fourth-order valence-corrected chi connectivity index (χ4v) is 4.78. The molecule has 1 aliphatic rings. The molecular weight excluding hydrogens is 421 g/mol. The number of H-pyrrole nitrogens is 1. The molecule has 5 nitrogen and oxygen atoms in total. The maximum absolute atomic E-state index is 14.3. The number of aromatic hydroxyl groups is 1. The van der Waals surface area contributed by atoms with Crippen LogP contribution < -0.4 is 10.9 Å². The highest BCUT2D eigenvalue weighted by molar-refractivity contribution is 5.91. The predicted octanol–water partition coefficient (Wildman–Crippen LogP) is 5.14. The number of aromatic amines is 1. The number of pyridine rings is 1. The molecule has 1 aliphatic carbocycles. The van der Waals surface area contributed by atoms with Crippen LogP contribution in [0.15, 0.2) is 47.3 Å². The molecule has 0 aliphatic heterocycles. The molecule has 0 radical (unpaired) electrons. The lowest BCUT2D eigenvalue weighted by Gasteiger charge is -2.46. The molecule has 4 N–H and O–H groups in total. The first-order valence-electron chi connectivity index (χ1n) is 10.6. The van der Waals surface area contributed by atoms with Crippen molar-refractivity contribution < 1.29 is 23.4 Å². The van der Waals surface area contributed by atoms with Gasteiger partial charge in [-0.2, -0.15) is 13.2 Å². The third kappa shape index (κ3) is 3.43. The number of hydrogen-bond acceptors (Lipinski definition) is 4. The molecule has 0 fully saturated rings. The van der Waals surface area contributed by atoms with E-state index in [1.165, 1.54) is 12.1 Å². The van der Waals surface area contributed by atoms with E-state index >= 15 is 0 Å². The van der Waals surface area contributed by atoms with Gasteiger partial charge >= 0.3 is 6.18 Å². The van der Waals surface area contributed by atoms with Gasteiger partial charge in [-0.1, -0.05) is 32.0 Å². The SMILES string of the molecule is CCc1ccc2c(c1O)[C@H](CC)C[C@@](O)(C(F)(F)F)[C@@H]2Nc1cccc2[nH]c(=O)ccc12. The van der Waals surface area contributed by atoms with Gasteiger partial charge < -0.3 is 20.5 Å². The summed E-state index contributed by atoms with van der Waals surface area (Å²) in [7, 11) is 0. The van der Waals surface area contributed by atoms with Crippen molar-refractivity contribution in [1.29, 1.82) is 0 Å². The number of alkyl halides is 3. The van der Waals surface area contributed by atoms with Crippen molar-refractivity contribution >= 4 is 16.6 Å². The summed E-state index contributed by atoms with van der Waals surface area (Å²) in [5.74, 6) is -0.653. The maximum Gasteiger partial charge on any atom is 0.419 e. The van der Waals surface area contributed by atoms with Crippen molar-refractivity contribution in [2.24, 2.45) is 0 Å². The van der Waals surface area contributed by atoms with Gasteiger partial charge in [-0.3, -0.25) is 4.79 Å². The van der Waals surface area contributed by atoms with Crippen LogP contribution in [0.4, 0.5) is 18.9 Å². The van der Waals surface area contributed by atoms with Crippen LogP contribution in [0.2, 0.25) is 0 Å². The fourth-order valence-electron chi connectivity index (χ4n) is 4.78. The molecule has 1 heterocycles. The Hall–Kier alpha value is -3.00. The lowest BCUT2D eigenvalue weighted by atomic mass is 9.68. The van der Waals surface area contributed by atoms with Crippen LogP contribution in [-0.2, 0) is 6.42 Å². The molecule has 2 aromatic carbocycles. The fraction of sp³-hybridized carbons (Fsp3) is 0.375. The summed E-state index contributed by atoms with van der Waals surface area (Å²) in [5, 5.41) is 25.4. The first-order chi connectivity index (χ1) is 15.1. The van der Waals surface area contributed by atoms with Gasteiger partial charge in [-0.15, -0.1) is 0 Å². The van der Waals surface area contributed by atoms with Crippen LogP contribution in [0.5, 0.6) is 5.75 Å². The molecule has 0 amide bonds. The molecule has 3 aromatic rings. The number of aryl methyl sites for hydroxylation is 1. The van der Waals surface area contributed by atoms with Gasteiger partial charge in [0, 0.05) is 22.7 Å². The van der Waals surface area contributed by atoms with Crippen molar-refractivity contribution in [3.05, 3.63) is 69.5 Å². The highest BCUT2D eigenvalue weighted by Gasteiger charge is 2.62. The third-order valence-corrected chi connectivity index (χ3v) is 6.52. The number of halogens is 3. The monoisotopic (exact) mass is 446 g/mol. The number of fused-ring (bicyclic) bond motifs is 2. The Kier molecular flexibility index (Phi) is 5.45. The molecule has 0 saturated carbocycles. The summed E-state index contributed by atoms with van der Waals surface area (Å²) in [6, 6.07) is 9.32. The third-order valence-electron chi connectivity index (χ3n) is 6.52. The second-order valence-electron chi connectivity index (χ2n) is 8.33. The lowest BCUT2D eigenvalue weighted by molar-refractivity contribution is -0.272. The second-order valence-corrected chi connectivity index (χ2v) is 8.33. The molecule has 0 bridgehead atoms. The van der Waals surface area contributed by atoms with E-state index in [0.717, 1.165) is 0 Å². The Balaban J connectivity index is 1.94. The molecule has 0 unspecified atom stereocenters. The van der Waals surface area contributed by atoms with Gasteiger partial charge in [0.25, 0.3) is 0 Å². The number of aromatic nitrogens is 1. The average Bonchev–Trinajstić information content (AvgIpc) is 2.74. The lowest BCUT2D eigenvalue weighted by Crippen LogP contribution is -2.55. The van der Waals surface area contributed by atoms with Crippen LogP contribution in [0.25, 0.3) is 10.9 Å². The second kappa shape index (κ2) is 7.85. The van der Waals surface area contributed by atoms with Gasteiger partial charge in [-0.05, 0) is 54.5 Å². The number of phenolic OH excluding ortho intramolecular Hbond substituents is 1. The quantitative estimate of drug-likeness (QED) is 0.447. The van der Waals surface area contributed by atoms with Crippen LogP contribution in [0.3, 0.4) is 0 Å². The molecule has 4 rings (SSSR count). The van der Waals surface area contributed by atoms with Crippen molar-refractivity contribution in [3.63, 3.8) is 0 Å². The molecule has 1 aromatic heterocycles. The first-order valence-corrected chi connectivity index (χ1v) is 10.6. The number of aliphatic hydroxyl groups is 1. The summed E-state index contributed by atoms with van der Waals surface area (Å²) in [6.07, 6.45) is -4.60. The Morgan fingerprint density at radius 3 is 2.56 bits per heavy atom. The average molecular weight is 446 g/mol. The van der Waals surface area contributed by atoms with E-state index < -0.39 is 30.2 Å². The van der Waals surface area contributed by atoms with Gasteiger partial charge in [0.2, 0.25) is 5.56 Å². The van der Waals surface area contributed by atoms with Gasteiger partial charge in [0.15, 0.2) is 5.60 Å². The van der Waals surface area contributed by atoms with E-state index in [1.807, 2.05) is 6.92 Å². The minimum atomic E-state index is -4.91. The van der Waals surface area contributed by atoms with Gasteiger partial charge in [0.1, 0.15) is 5.75 Å². The van der Waals surface area contributed by atoms with E-state index in [1.54, 1.807) is 37.3 Å². The highest BCUT2D eigenvalue weighted by atomic mass is 19.4. The van der Waals surface area contributed by atoms with Crippen LogP contribution >= 0.6 is 0 Å². The zero-order valence-electron chi connectivity index (χ0n) is 17.8. The number of phenols is 1. The van der Waals surface area contributed by atoms with Crippen molar-refractivity contribution in [2.45, 2.75) is 56.8 Å². The summed E-state index contributed by atoms with van der Waals surface area (Å²) < 4.78 is 42.9. The number of rotatable bonds is 4. The van der Waals surface area contributed by atoms with Crippen LogP contribution in [0.1, 0.15) is 55.3 Å². The summed E-state index contributed by atoms with van der Waals surface area (Å²) in [4.78, 5) is 14.3. The number of nitrogens with one attached hydrogen (secondary N) is 2. The standard InChI is InChI=1S/C24H25F3N2O3/c1-3-13-8-9-16-20(21(13)31)14(4-2)12-23(32,24(25,26)27)22(16)29-18-7-5-6-17-15(18)10-11-19(30)28-17/h5-11,14,22,29,31-32H,3-4,12H2,1-2H3,(H,28,30)/t14-,22-,23+/m1/s1. The summed E-state index contributed by atoms with van der Waals surface area (Å²) >= 11 is 0. The zero-order chi connectivity index (χ0) is 23.3. The molecule has 32 heavy (non-hydrogen) atoms. The van der Waals surface area contributed by atoms with E-state index in [0.29, 0.717) is 40.6 Å². The molecule has 3 atom stereocenters. The Morgan fingerprint density at radius 1 is 1.16 bits per heavy atom. The highest BCUT2D eigenvalue weighted by Crippen LogP contribution is 2.55. The van der Waals surface area contributed by atoms with E-state index in [-0.39, 0.29) is 16.9 Å². The molecular formula is C24H25F3N2O3. The molecule has 0 saturated heterocycles. The number of hydrogen-bond donors (Lipinski definition) is 4. The van der Waals surface area contributed by atoms with Crippen molar-refractivity contribution in [3.8, 4) is 5.75 Å². The van der Waals surface area contributed by atoms with Crippen LogP contribution in [-0.4, -0.2) is 27.0 Å². The predicted molar refractivity (Wildman–Crippen MR) is 117 cm³/mol. The van der Waals surface area contributed by atoms with Crippen LogP contribution in [0, 0.1) is 0 Å². The first kappa shape index (κ1) is 22.2. The Morgan fingerprint density at radius 2 is 1.91 bits per heavy atom. The molecule has 0 spiro atoms. The number of benzene rings is 2. The summed E-state index contributed by atoms with van der Waals surface area (Å²) in [5.41, 5.74) is -1.25. The Labute approximate surface area is 182 Å². The van der Waals surface area contributed by atoms with Gasteiger partial charge in [0.05, 0.1) is 11.6 Å². The smallest absolute Gasteiger partial charge is 0.419 e. The van der Waals surface area contributed by atoms with E-state index in [9.17, 15) is 28.2 Å². The largest absolute Gasteiger partial charge is 0.507 e. The van der Waals surface area contributed by atoms with Gasteiger partial charge in [-0.25, -0.2) is 0 Å². The Bertz CT molecular complexity index is 1220. The van der Waals surface area contributed by atoms with Crippen molar-refractivity contribution in [2.75, 3.05) is 5.32 Å². The molecule has 170 valence electrons. The van der Waals surface area contributed by atoms with E-state index in [2.05, 4.69) is 10.3 Å². The minimum Gasteiger partial charge on any atom is -0.507 e. The topological polar surface area (TPSA) is 85.3 Å². The normalized spacial score (nSPS) is 23.2. The van der Waals surface area contributed by atoms with E-state index in [4.69, 9.17) is 0 Å². The summed E-state index contributed by atoms with van der Waals surface area (Å²) in [6.45, 7) is 3.61.